The van der Waals surface area contributed by atoms with Gasteiger partial charge in [0.2, 0.25) is 0 Å². The normalized spacial score (nSPS) is 14.5. The lowest BCUT2D eigenvalue weighted by molar-refractivity contribution is 0.164. The smallest absolute Gasteiger partial charge is 0.0704 e. The molecule has 0 aliphatic rings. The van der Waals surface area contributed by atoms with Crippen molar-refractivity contribution >= 4 is 35.0 Å². The zero-order valence-electron chi connectivity index (χ0n) is 7.27. The van der Waals surface area contributed by atoms with Crippen molar-refractivity contribution in [3.8, 4) is 0 Å². The van der Waals surface area contributed by atoms with E-state index in [2.05, 4.69) is 22.6 Å². The van der Waals surface area contributed by atoms with Crippen molar-refractivity contribution in [2.24, 2.45) is 5.73 Å². The zero-order chi connectivity index (χ0) is 9.14. The fourth-order valence-electron chi connectivity index (χ4n) is 0.964. The van der Waals surface area contributed by atoms with Gasteiger partial charge < -0.3 is 10.8 Å². The SMILES string of the molecule is CC(O)C(N)c1ccc(I)cc1.Cl. The van der Waals surface area contributed by atoms with Crippen LogP contribution in [0.3, 0.4) is 0 Å². The van der Waals surface area contributed by atoms with Gasteiger partial charge in [-0.15, -0.1) is 12.4 Å². The fraction of sp³-hybridized carbons (Fsp3) is 0.333. The minimum absolute atomic E-state index is 0. The molecule has 0 aromatic heterocycles. The molecule has 3 N–H and O–H groups in total. The summed E-state index contributed by atoms with van der Waals surface area (Å²) in [5, 5.41) is 9.22. The Morgan fingerprint density at radius 1 is 1.31 bits per heavy atom. The standard InChI is InChI=1S/C9H12INO.ClH/c1-6(12)9(11)7-2-4-8(10)5-3-7;/h2-6,9,12H,11H2,1H3;1H. The van der Waals surface area contributed by atoms with Gasteiger partial charge in [0.15, 0.2) is 0 Å². The van der Waals surface area contributed by atoms with E-state index in [1.54, 1.807) is 6.92 Å². The van der Waals surface area contributed by atoms with Crippen LogP contribution >= 0.6 is 35.0 Å². The van der Waals surface area contributed by atoms with Gasteiger partial charge in [-0.05, 0) is 47.2 Å². The number of rotatable bonds is 2. The van der Waals surface area contributed by atoms with Crippen molar-refractivity contribution in [2.45, 2.75) is 19.1 Å². The predicted octanol–water partition coefficient (Wildman–Crippen LogP) is 2.09. The summed E-state index contributed by atoms with van der Waals surface area (Å²) >= 11 is 2.23. The molecule has 1 aromatic carbocycles. The first kappa shape index (κ1) is 13.2. The molecule has 0 spiro atoms. The number of aliphatic hydroxyl groups excluding tert-OH is 1. The van der Waals surface area contributed by atoms with E-state index in [9.17, 15) is 5.11 Å². The lowest BCUT2D eigenvalue weighted by Gasteiger charge is -2.14. The number of hydrogen-bond donors (Lipinski definition) is 2. The van der Waals surface area contributed by atoms with E-state index < -0.39 is 6.10 Å². The van der Waals surface area contributed by atoms with Crippen molar-refractivity contribution < 1.29 is 5.11 Å². The first-order valence-electron chi connectivity index (χ1n) is 3.80. The maximum Gasteiger partial charge on any atom is 0.0704 e. The molecule has 0 aliphatic heterocycles. The molecule has 0 aliphatic carbocycles. The van der Waals surface area contributed by atoms with Crippen molar-refractivity contribution in [1.29, 1.82) is 0 Å². The van der Waals surface area contributed by atoms with Crippen LogP contribution in [0.25, 0.3) is 0 Å². The Hall–Kier alpha value is 0.160. The Kier molecular flexibility index (Phi) is 5.87. The fourth-order valence-corrected chi connectivity index (χ4v) is 1.32. The first-order chi connectivity index (χ1) is 5.61. The minimum Gasteiger partial charge on any atom is -0.391 e. The molecule has 0 amide bonds. The maximum absolute atomic E-state index is 9.22. The van der Waals surface area contributed by atoms with E-state index >= 15 is 0 Å². The average Bonchev–Trinajstić information content (AvgIpc) is 2.04. The number of hydrogen-bond acceptors (Lipinski definition) is 2. The third-order valence-electron chi connectivity index (χ3n) is 1.77. The van der Waals surface area contributed by atoms with E-state index in [-0.39, 0.29) is 18.4 Å². The van der Waals surface area contributed by atoms with Crippen molar-refractivity contribution in [3.63, 3.8) is 0 Å². The molecule has 2 nitrogen and oxygen atoms in total. The highest BCUT2D eigenvalue weighted by Crippen LogP contribution is 2.15. The third-order valence-corrected chi connectivity index (χ3v) is 2.49. The Bertz CT molecular complexity index is 250. The topological polar surface area (TPSA) is 46.2 Å². The lowest BCUT2D eigenvalue weighted by Crippen LogP contribution is -2.22. The summed E-state index contributed by atoms with van der Waals surface area (Å²) in [6.45, 7) is 1.70. The van der Waals surface area contributed by atoms with Crippen LogP contribution in [0.15, 0.2) is 24.3 Å². The highest BCUT2D eigenvalue weighted by Gasteiger charge is 2.10. The number of benzene rings is 1. The molecule has 2 atom stereocenters. The summed E-state index contributed by atoms with van der Waals surface area (Å²) in [5.74, 6) is 0. The molecule has 0 saturated carbocycles. The van der Waals surface area contributed by atoms with Gasteiger partial charge in [0.1, 0.15) is 0 Å². The summed E-state index contributed by atoms with van der Waals surface area (Å²) in [6.07, 6.45) is -0.495. The second-order valence-corrected chi connectivity index (χ2v) is 4.06. The molecule has 0 bridgehead atoms. The Labute approximate surface area is 98.1 Å². The molecule has 13 heavy (non-hydrogen) atoms. The van der Waals surface area contributed by atoms with Crippen LogP contribution < -0.4 is 5.73 Å². The molecule has 1 aromatic rings. The van der Waals surface area contributed by atoms with E-state index in [0.717, 1.165) is 5.56 Å². The van der Waals surface area contributed by atoms with Crippen LogP contribution in [-0.2, 0) is 0 Å². The first-order valence-corrected chi connectivity index (χ1v) is 4.88. The van der Waals surface area contributed by atoms with Gasteiger partial charge in [0.25, 0.3) is 0 Å². The van der Waals surface area contributed by atoms with Crippen LogP contribution in [0, 0.1) is 3.57 Å². The molecular formula is C9H13ClINO. The van der Waals surface area contributed by atoms with Gasteiger partial charge in [-0.25, -0.2) is 0 Å². The lowest BCUT2D eigenvalue weighted by atomic mass is 10.0. The summed E-state index contributed by atoms with van der Waals surface area (Å²) < 4.78 is 1.18. The molecule has 0 heterocycles. The molecule has 0 radical (unpaired) electrons. The molecule has 2 unspecified atom stereocenters. The van der Waals surface area contributed by atoms with Crippen LogP contribution in [-0.4, -0.2) is 11.2 Å². The summed E-state index contributed by atoms with van der Waals surface area (Å²) in [7, 11) is 0. The van der Waals surface area contributed by atoms with E-state index in [1.807, 2.05) is 24.3 Å². The zero-order valence-corrected chi connectivity index (χ0v) is 10.2. The Balaban J connectivity index is 0.00000144. The monoisotopic (exact) mass is 313 g/mol. The average molecular weight is 314 g/mol. The van der Waals surface area contributed by atoms with E-state index in [0.29, 0.717) is 0 Å². The van der Waals surface area contributed by atoms with E-state index in [1.165, 1.54) is 3.57 Å². The maximum atomic E-state index is 9.22. The minimum atomic E-state index is -0.495. The molecule has 0 fully saturated rings. The Morgan fingerprint density at radius 2 is 1.77 bits per heavy atom. The highest BCUT2D eigenvalue weighted by molar-refractivity contribution is 14.1. The molecular weight excluding hydrogens is 300 g/mol. The van der Waals surface area contributed by atoms with Gasteiger partial charge >= 0.3 is 0 Å². The number of halogens is 2. The molecule has 74 valence electrons. The number of aliphatic hydroxyl groups is 1. The van der Waals surface area contributed by atoms with Crippen molar-refractivity contribution in [2.75, 3.05) is 0 Å². The second-order valence-electron chi connectivity index (χ2n) is 2.82. The van der Waals surface area contributed by atoms with Gasteiger partial charge in [0.05, 0.1) is 12.1 Å². The summed E-state index contributed by atoms with van der Waals surface area (Å²) in [5.41, 5.74) is 6.71. The van der Waals surface area contributed by atoms with Crippen LogP contribution in [0.1, 0.15) is 18.5 Å². The highest BCUT2D eigenvalue weighted by atomic mass is 127. The predicted molar refractivity (Wildman–Crippen MR) is 65.0 cm³/mol. The Morgan fingerprint density at radius 3 is 2.15 bits per heavy atom. The number of nitrogens with two attached hydrogens (primary N) is 1. The van der Waals surface area contributed by atoms with Gasteiger partial charge in [0, 0.05) is 3.57 Å². The van der Waals surface area contributed by atoms with Gasteiger partial charge in [-0.3, -0.25) is 0 Å². The second kappa shape index (κ2) is 5.80. The van der Waals surface area contributed by atoms with Gasteiger partial charge in [-0.1, -0.05) is 12.1 Å². The third kappa shape index (κ3) is 3.81. The van der Waals surface area contributed by atoms with Crippen LogP contribution in [0.2, 0.25) is 0 Å². The summed E-state index contributed by atoms with van der Waals surface area (Å²) in [4.78, 5) is 0. The molecule has 0 saturated heterocycles. The molecule has 4 heteroatoms. The molecule has 1 rings (SSSR count). The van der Waals surface area contributed by atoms with Crippen LogP contribution in [0.5, 0.6) is 0 Å². The largest absolute Gasteiger partial charge is 0.391 e. The van der Waals surface area contributed by atoms with Crippen LogP contribution in [0.4, 0.5) is 0 Å². The van der Waals surface area contributed by atoms with E-state index in [4.69, 9.17) is 5.73 Å². The van der Waals surface area contributed by atoms with Gasteiger partial charge in [-0.2, -0.15) is 0 Å². The van der Waals surface area contributed by atoms with Crippen molar-refractivity contribution in [3.05, 3.63) is 33.4 Å². The van der Waals surface area contributed by atoms with Crippen molar-refractivity contribution in [1.82, 2.24) is 0 Å². The quantitative estimate of drug-likeness (QED) is 0.821. The summed E-state index contributed by atoms with van der Waals surface area (Å²) in [6, 6.07) is 7.58.